The molecule has 4 N–H and O–H groups in total. The van der Waals surface area contributed by atoms with E-state index in [-0.39, 0.29) is 0 Å². The molecule has 1 aromatic carbocycles. The third-order valence-electron chi connectivity index (χ3n) is 4.67. The molecule has 0 saturated heterocycles. The van der Waals surface area contributed by atoms with E-state index in [1.54, 1.807) is 0 Å². The summed E-state index contributed by atoms with van der Waals surface area (Å²) < 4.78 is 5.52. The molecule has 25 heavy (non-hydrogen) atoms. The summed E-state index contributed by atoms with van der Waals surface area (Å²) in [5.41, 5.74) is 11.0. The Balaban J connectivity index is 1.55. The summed E-state index contributed by atoms with van der Waals surface area (Å²) in [7, 11) is 0. The van der Waals surface area contributed by atoms with Crippen molar-refractivity contribution in [2.75, 3.05) is 12.3 Å². The summed E-state index contributed by atoms with van der Waals surface area (Å²) >= 11 is 1.38. The minimum absolute atomic E-state index is 0.547. The Hall–Kier alpha value is -2.22. The van der Waals surface area contributed by atoms with Crippen molar-refractivity contribution in [3.8, 4) is 5.75 Å². The largest absolute Gasteiger partial charge is 0.493 e. The minimum atomic E-state index is -0.844. The highest BCUT2D eigenvalue weighted by Crippen LogP contribution is 2.37. The number of aromatic nitrogens is 2. The Morgan fingerprint density at radius 2 is 2.20 bits per heavy atom. The monoisotopic (exact) mass is 356 g/mol. The Morgan fingerprint density at radius 1 is 1.36 bits per heavy atom. The van der Waals surface area contributed by atoms with Crippen LogP contribution in [0.4, 0.5) is 5.69 Å². The number of aryl methyl sites for hydroxylation is 2. The molecule has 3 heterocycles. The molecule has 7 heteroatoms. The normalized spacial score (nSPS) is 14.5. The zero-order valence-electron chi connectivity index (χ0n) is 14.2. The second-order valence-electron chi connectivity index (χ2n) is 6.29. The number of nitrogens with zero attached hydrogens (tertiary/aromatic N) is 2. The van der Waals surface area contributed by atoms with E-state index >= 15 is 0 Å². The Bertz CT molecular complexity index is 954. The summed E-state index contributed by atoms with van der Waals surface area (Å²) in [6, 6.07) is 6.12. The van der Waals surface area contributed by atoms with Crippen LogP contribution in [0.15, 0.2) is 18.2 Å². The van der Waals surface area contributed by atoms with Gasteiger partial charge in [-0.15, -0.1) is 16.4 Å². The van der Waals surface area contributed by atoms with Crippen molar-refractivity contribution in [2.24, 2.45) is 0 Å². The van der Waals surface area contributed by atoms with Crippen LogP contribution >= 0.6 is 11.3 Å². The van der Waals surface area contributed by atoms with Crippen molar-refractivity contribution >= 4 is 27.2 Å². The highest BCUT2D eigenvalue weighted by atomic mass is 32.1. The van der Waals surface area contributed by atoms with Crippen molar-refractivity contribution in [3.05, 3.63) is 45.5 Å². The van der Waals surface area contributed by atoms with Crippen molar-refractivity contribution in [1.29, 1.82) is 0 Å². The SMILES string of the molecule is Cc1nnc2sc(C(O)NCc3ccc4c(c3)CCO4)c(N)c2c1C. The lowest BCUT2D eigenvalue weighted by molar-refractivity contribution is 0.141. The van der Waals surface area contributed by atoms with E-state index in [0.717, 1.165) is 45.8 Å². The molecule has 6 nitrogen and oxygen atoms in total. The second-order valence-corrected chi connectivity index (χ2v) is 7.33. The van der Waals surface area contributed by atoms with E-state index in [0.29, 0.717) is 17.1 Å². The van der Waals surface area contributed by atoms with E-state index in [1.165, 1.54) is 16.9 Å². The van der Waals surface area contributed by atoms with Gasteiger partial charge >= 0.3 is 0 Å². The summed E-state index contributed by atoms with van der Waals surface area (Å²) in [6.45, 7) is 5.18. The first-order valence-corrected chi connectivity index (χ1v) is 9.04. The van der Waals surface area contributed by atoms with Crippen LogP contribution in [0, 0.1) is 13.8 Å². The van der Waals surface area contributed by atoms with Crippen LogP contribution in [-0.2, 0) is 13.0 Å². The number of nitrogen functional groups attached to an aromatic ring is 1. The molecule has 4 rings (SSSR count). The molecule has 0 fully saturated rings. The number of aliphatic hydroxyl groups is 1. The van der Waals surface area contributed by atoms with Gasteiger partial charge in [-0.1, -0.05) is 12.1 Å². The molecular weight excluding hydrogens is 336 g/mol. The van der Waals surface area contributed by atoms with Gasteiger partial charge in [0, 0.05) is 18.4 Å². The predicted octanol–water partition coefficient (Wildman–Crippen LogP) is 2.61. The summed E-state index contributed by atoms with van der Waals surface area (Å²) in [6.07, 6.45) is 0.0927. The fourth-order valence-electron chi connectivity index (χ4n) is 3.12. The molecule has 0 aliphatic carbocycles. The Morgan fingerprint density at radius 3 is 3.04 bits per heavy atom. The Labute approximate surface area is 149 Å². The van der Waals surface area contributed by atoms with Gasteiger partial charge in [0.15, 0.2) is 0 Å². The summed E-state index contributed by atoms with van der Waals surface area (Å²) in [4.78, 5) is 1.44. The molecule has 1 atom stereocenters. The molecule has 0 spiro atoms. The molecule has 0 radical (unpaired) electrons. The van der Waals surface area contributed by atoms with Gasteiger partial charge in [0.05, 0.1) is 22.9 Å². The molecule has 130 valence electrons. The summed E-state index contributed by atoms with van der Waals surface area (Å²) in [5.74, 6) is 0.961. The number of hydrogen-bond acceptors (Lipinski definition) is 7. The van der Waals surface area contributed by atoms with E-state index < -0.39 is 6.23 Å². The quantitative estimate of drug-likeness (QED) is 0.622. The van der Waals surface area contributed by atoms with Gasteiger partial charge in [-0.3, -0.25) is 5.32 Å². The number of hydrogen-bond donors (Lipinski definition) is 3. The zero-order valence-corrected chi connectivity index (χ0v) is 15.0. The van der Waals surface area contributed by atoms with Gasteiger partial charge in [0.1, 0.15) is 16.8 Å². The van der Waals surface area contributed by atoms with Crippen LogP contribution in [0.25, 0.3) is 10.2 Å². The maximum Gasteiger partial charge on any atom is 0.148 e. The van der Waals surface area contributed by atoms with Gasteiger partial charge in [-0.05, 0) is 36.6 Å². The molecule has 0 amide bonds. The van der Waals surface area contributed by atoms with Crippen LogP contribution in [0.1, 0.15) is 33.5 Å². The van der Waals surface area contributed by atoms with Gasteiger partial charge in [-0.25, -0.2) is 0 Å². The number of anilines is 1. The van der Waals surface area contributed by atoms with Crippen LogP contribution in [0.3, 0.4) is 0 Å². The van der Waals surface area contributed by atoms with E-state index in [2.05, 4.69) is 21.6 Å². The third kappa shape index (κ3) is 2.84. The standard InChI is InChI=1S/C18H20N4O2S/c1-9-10(2)21-22-18-14(9)15(19)16(25-18)17(23)20-8-11-3-4-13-12(7-11)5-6-24-13/h3-4,7,17,20,23H,5-6,8,19H2,1-2H3. The second kappa shape index (κ2) is 6.25. The highest BCUT2D eigenvalue weighted by Gasteiger charge is 2.20. The number of ether oxygens (including phenoxy) is 1. The first-order valence-electron chi connectivity index (χ1n) is 8.22. The number of thiophene rings is 1. The number of fused-ring (bicyclic) bond motifs is 2. The average molecular weight is 356 g/mol. The number of nitrogens with one attached hydrogen (secondary N) is 1. The first-order chi connectivity index (χ1) is 12.0. The number of aliphatic hydroxyl groups excluding tert-OH is 1. The maximum absolute atomic E-state index is 10.6. The van der Waals surface area contributed by atoms with Crippen LogP contribution in [-0.4, -0.2) is 21.9 Å². The minimum Gasteiger partial charge on any atom is -0.493 e. The molecule has 0 saturated carbocycles. The summed E-state index contributed by atoms with van der Waals surface area (Å²) in [5, 5.41) is 22.9. The number of benzene rings is 1. The highest BCUT2D eigenvalue weighted by molar-refractivity contribution is 7.19. The van der Waals surface area contributed by atoms with Gasteiger partial charge in [0.2, 0.25) is 0 Å². The molecule has 2 aromatic heterocycles. The lowest BCUT2D eigenvalue weighted by atomic mass is 10.1. The maximum atomic E-state index is 10.6. The fraction of sp³-hybridized carbons (Fsp3) is 0.333. The average Bonchev–Trinajstić information content (AvgIpc) is 3.20. The lowest BCUT2D eigenvalue weighted by Gasteiger charge is -2.13. The number of rotatable bonds is 4. The first kappa shape index (κ1) is 16.3. The third-order valence-corrected chi connectivity index (χ3v) is 5.81. The number of nitrogens with two attached hydrogens (primary N) is 1. The van der Waals surface area contributed by atoms with Gasteiger partial charge in [0.25, 0.3) is 0 Å². The smallest absolute Gasteiger partial charge is 0.148 e. The van der Waals surface area contributed by atoms with Crippen molar-refractivity contribution in [3.63, 3.8) is 0 Å². The predicted molar refractivity (Wildman–Crippen MR) is 98.7 cm³/mol. The molecular formula is C18H20N4O2S. The lowest BCUT2D eigenvalue weighted by Crippen LogP contribution is -2.20. The molecule has 1 unspecified atom stereocenters. The fourth-order valence-corrected chi connectivity index (χ4v) is 4.18. The van der Waals surface area contributed by atoms with Crippen LogP contribution in [0.5, 0.6) is 5.75 Å². The van der Waals surface area contributed by atoms with E-state index in [1.807, 2.05) is 26.0 Å². The topological polar surface area (TPSA) is 93.3 Å². The van der Waals surface area contributed by atoms with E-state index in [4.69, 9.17) is 10.5 Å². The molecule has 0 bridgehead atoms. The van der Waals surface area contributed by atoms with Crippen molar-refractivity contribution < 1.29 is 9.84 Å². The van der Waals surface area contributed by atoms with Crippen molar-refractivity contribution in [2.45, 2.75) is 33.0 Å². The van der Waals surface area contributed by atoms with Crippen molar-refractivity contribution in [1.82, 2.24) is 15.5 Å². The van der Waals surface area contributed by atoms with E-state index in [9.17, 15) is 5.11 Å². The van der Waals surface area contributed by atoms with Gasteiger partial charge in [-0.2, -0.15) is 5.10 Å². The molecule has 3 aromatic rings. The Kier molecular flexibility index (Phi) is 4.07. The molecule has 1 aliphatic heterocycles. The molecule has 1 aliphatic rings. The van der Waals surface area contributed by atoms with Crippen LogP contribution < -0.4 is 15.8 Å². The van der Waals surface area contributed by atoms with Gasteiger partial charge < -0.3 is 15.6 Å². The van der Waals surface area contributed by atoms with Crippen LogP contribution in [0.2, 0.25) is 0 Å². The zero-order chi connectivity index (χ0) is 17.6.